The van der Waals surface area contributed by atoms with Crippen molar-refractivity contribution < 1.29 is 23.8 Å². The number of rotatable bonds is 7. The van der Waals surface area contributed by atoms with Crippen LogP contribution in [0.1, 0.15) is 15.9 Å². The number of nitrogens with two attached hydrogens (primary N) is 1. The molecule has 0 aliphatic heterocycles. The van der Waals surface area contributed by atoms with E-state index in [9.17, 15) is 9.59 Å². The van der Waals surface area contributed by atoms with E-state index in [1.165, 1.54) is 27.4 Å². The summed E-state index contributed by atoms with van der Waals surface area (Å²) < 4.78 is 15.8. The molecule has 2 amide bonds. The number of carbonyl (C=O) groups is 2. The summed E-state index contributed by atoms with van der Waals surface area (Å²) in [6, 6.07) is 9.86. The van der Waals surface area contributed by atoms with Crippen molar-refractivity contribution in [3.63, 3.8) is 0 Å². The van der Waals surface area contributed by atoms with Gasteiger partial charge in [0.2, 0.25) is 5.91 Å². The Bertz CT molecular complexity index is 846. The lowest BCUT2D eigenvalue weighted by molar-refractivity contribution is -0.111. The van der Waals surface area contributed by atoms with Gasteiger partial charge in [0.25, 0.3) is 5.91 Å². The van der Waals surface area contributed by atoms with Gasteiger partial charge in [0, 0.05) is 17.7 Å². The number of benzene rings is 2. The third-order valence-corrected chi connectivity index (χ3v) is 3.60. The quantitative estimate of drug-likeness (QED) is 0.742. The molecular weight excluding hydrogens is 336 g/mol. The fourth-order valence-electron chi connectivity index (χ4n) is 2.33. The zero-order valence-corrected chi connectivity index (χ0v) is 14.7. The van der Waals surface area contributed by atoms with E-state index in [1.54, 1.807) is 42.5 Å². The average molecular weight is 356 g/mol. The Morgan fingerprint density at radius 1 is 0.962 bits per heavy atom. The Kier molecular flexibility index (Phi) is 6.21. The second-order valence-corrected chi connectivity index (χ2v) is 5.18. The number of amides is 2. The van der Waals surface area contributed by atoms with Gasteiger partial charge >= 0.3 is 0 Å². The number of para-hydroxylation sites is 1. The first kappa shape index (κ1) is 18.9. The maximum absolute atomic E-state index is 12.2. The van der Waals surface area contributed by atoms with Gasteiger partial charge in [-0.1, -0.05) is 12.1 Å². The van der Waals surface area contributed by atoms with Crippen molar-refractivity contribution in [2.24, 2.45) is 5.73 Å². The summed E-state index contributed by atoms with van der Waals surface area (Å²) >= 11 is 0. The van der Waals surface area contributed by atoms with E-state index in [2.05, 4.69) is 5.32 Å². The summed E-state index contributed by atoms with van der Waals surface area (Å²) in [4.78, 5) is 23.6. The second kappa shape index (κ2) is 8.57. The van der Waals surface area contributed by atoms with Crippen LogP contribution in [0.15, 0.2) is 42.5 Å². The molecule has 0 aliphatic rings. The minimum atomic E-state index is -0.619. The highest BCUT2D eigenvalue weighted by molar-refractivity contribution is 6.07. The lowest BCUT2D eigenvalue weighted by Gasteiger charge is -2.12. The number of hydrogen-bond acceptors (Lipinski definition) is 5. The summed E-state index contributed by atoms with van der Waals surface area (Å²) in [7, 11) is 4.56. The number of anilines is 1. The lowest BCUT2D eigenvalue weighted by Crippen LogP contribution is -2.16. The van der Waals surface area contributed by atoms with Gasteiger partial charge in [-0.05, 0) is 24.3 Å². The molecule has 0 unspecified atom stereocenters. The first-order valence-corrected chi connectivity index (χ1v) is 7.68. The minimum absolute atomic E-state index is 0.234. The van der Waals surface area contributed by atoms with Crippen molar-refractivity contribution in [1.82, 2.24) is 0 Å². The van der Waals surface area contributed by atoms with E-state index in [1.807, 2.05) is 0 Å². The third-order valence-electron chi connectivity index (χ3n) is 3.60. The number of hydrogen-bond donors (Lipinski definition) is 2. The summed E-state index contributed by atoms with van der Waals surface area (Å²) in [5.74, 6) is 0.500. The molecule has 0 saturated carbocycles. The van der Waals surface area contributed by atoms with Gasteiger partial charge < -0.3 is 25.3 Å². The number of methoxy groups -OCH3 is 3. The fourth-order valence-corrected chi connectivity index (χ4v) is 2.33. The molecular formula is C19H20N2O5. The highest BCUT2D eigenvalue weighted by Gasteiger charge is 2.11. The lowest BCUT2D eigenvalue weighted by atomic mass is 10.1. The molecule has 7 nitrogen and oxygen atoms in total. The second-order valence-electron chi connectivity index (χ2n) is 5.18. The molecule has 136 valence electrons. The zero-order valence-electron chi connectivity index (χ0n) is 14.7. The first-order chi connectivity index (χ1) is 12.5. The Morgan fingerprint density at radius 3 is 2.19 bits per heavy atom. The van der Waals surface area contributed by atoms with Crippen LogP contribution >= 0.6 is 0 Å². The van der Waals surface area contributed by atoms with Crippen LogP contribution in [-0.2, 0) is 4.79 Å². The molecule has 0 heterocycles. The van der Waals surface area contributed by atoms with Crippen molar-refractivity contribution in [2.45, 2.75) is 0 Å². The molecule has 0 spiro atoms. The molecule has 0 aliphatic carbocycles. The monoisotopic (exact) mass is 356 g/mol. The van der Waals surface area contributed by atoms with Crippen LogP contribution in [0.2, 0.25) is 0 Å². The van der Waals surface area contributed by atoms with Gasteiger partial charge in [-0.15, -0.1) is 0 Å². The molecule has 0 atom stereocenters. The molecule has 0 radical (unpaired) electrons. The van der Waals surface area contributed by atoms with Gasteiger partial charge in [-0.2, -0.15) is 0 Å². The number of carbonyl (C=O) groups excluding carboxylic acids is 2. The minimum Gasteiger partial charge on any atom is -0.496 e. The first-order valence-electron chi connectivity index (χ1n) is 7.68. The Hall–Kier alpha value is -3.48. The predicted octanol–water partition coefficient (Wildman–Crippen LogP) is 2.46. The van der Waals surface area contributed by atoms with Crippen LogP contribution in [0, 0.1) is 0 Å². The molecule has 0 bridgehead atoms. The largest absolute Gasteiger partial charge is 0.496 e. The third kappa shape index (κ3) is 4.32. The van der Waals surface area contributed by atoms with Gasteiger partial charge in [-0.25, -0.2) is 0 Å². The highest BCUT2D eigenvalue weighted by Crippen LogP contribution is 2.35. The molecule has 3 N–H and O–H groups in total. The van der Waals surface area contributed by atoms with E-state index in [0.29, 0.717) is 28.5 Å². The summed E-state index contributed by atoms with van der Waals surface area (Å²) in [5, 5.41) is 2.63. The van der Waals surface area contributed by atoms with Crippen LogP contribution in [0.25, 0.3) is 6.08 Å². The Labute approximate surface area is 151 Å². The normalized spacial score (nSPS) is 10.4. The molecule has 2 aromatic carbocycles. The number of nitrogens with one attached hydrogen (secondary N) is 1. The zero-order chi connectivity index (χ0) is 19.1. The van der Waals surface area contributed by atoms with Gasteiger partial charge in [0.05, 0.1) is 32.6 Å². The van der Waals surface area contributed by atoms with E-state index in [0.717, 1.165) is 0 Å². The average Bonchev–Trinajstić information content (AvgIpc) is 2.65. The molecule has 0 saturated heterocycles. The fraction of sp³-hybridized carbons (Fsp3) is 0.158. The van der Waals surface area contributed by atoms with Crippen molar-refractivity contribution >= 4 is 23.6 Å². The SMILES string of the molecule is COc1cc(OC)c(OC)cc1/C=C/C(=O)Nc1ccccc1C(N)=O. The Balaban J connectivity index is 2.24. The van der Waals surface area contributed by atoms with Crippen molar-refractivity contribution in [3.8, 4) is 17.2 Å². The molecule has 2 aromatic rings. The van der Waals surface area contributed by atoms with Crippen LogP contribution in [0.5, 0.6) is 17.2 Å². The topological polar surface area (TPSA) is 99.9 Å². The number of primary amides is 1. The van der Waals surface area contributed by atoms with Crippen LogP contribution < -0.4 is 25.3 Å². The van der Waals surface area contributed by atoms with E-state index >= 15 is 0 Å². The van der Waals surface area contributed by atoms with Crippen molar-refractivity contribution in [1.29, 1.82) is 0 Å². The number of ether oxygens (including phenoxy) is 3. The highest BCUT2D eigenvalue weighted by atomic mass is 16.5. The maximum atomic E-state index is 12.2. The van der Waals surface area contributed by atoms with E-state index in [-0.39, 0.29) is 5.56 Å². The van der Waals surface area contributed by atoms with E-state index in [4.69, 9.17) is 19.9 Å². The van der Waals surface area contributed by atoms with Gasteiger partial charge in [0.15, 0.2) is 11.5 Å². The van der Waals surface area contributed by atoms with Crippen LogP contribution in [-0.4, -0.2) is 33.1 Å². The summed E-state index contributed by atoms with van der Waals surface area (Å²) in [6.07, 6.45) is 2.89. The van der Waals surface area contributed by atoms with Crippen LogP contribution in [0.3, 0.4) is 0 Å². The smallest absolute Gasteiger partial charge is 0.250 e. The Morgan fingerprint density at radius 2 is 1.58 bits per heavy atom. The molecule has 26 heavy (non-hydrogen) atoms. The molecule has 0 fully saturated rings. The van der Waals surface area contributed by atoms with Gasteiger partial charge in [-0.3, -0.25) is 9.59 Å². The van der Waals surface area contributed by atoms with E-state index < -0.39 is 11.8 Å². The predicted molar refractivity (Wildman–Crippen MR) is 98.7 cm³/mol. The molecule has 7 heteroatoms. The summed E-state index contributed by atoms with van der Waals surface area (Å²) in [6.45, 7) is 0. The summed E-state index contributed by atoms with van der Waals surface area (Å²) in [5.41, 5.74) is 6.51. The van der Waals surface area contributed by atoms with Crippen molar-refractivity contribution in [3.05, 3.63) is 53.6 Å². The van der Waals surface area contributed by atoms with Crippen LogP contribution in [0.4, 0.5) is 5.69 Å². The standard InChI is InChI=1S/C19H20N2O5/c1-24-15-11-17(26-3)16(25-2)10-12(15)8-9-18(22)21-14-7-5-4-6-13(14)19(20)23/h4-11H,1-3H3,(H2,20,23)(H,21,22)/b9-8+. The molecule has 0 aromatic heterocycles. The molecule has 2 rings (SSSR count). The maximum Gasteiger partial charge on any atom is 0.250 e. The van der Waals surface area contributed by atoms with Gasteiger partial charge in [0.1, 0.15) is 5.75 Å². The van der Waals surface area contributed by atoms with Crippen molar-refractivity contribution in [2.75, 3.05) is 26.6 Å².